The maximum atomic E-state index is 12.5. The highest BCUT2D eigenvalue weighted by Gasteiger charge is 2.36. The van der Waals surface area contributed by atoms with E-state index in [1.807, 2.05) is 11.0 Å². The Balaban J connectivity index is 1.75. The molecular weight excluding hydrogens is 254 g/mol. The van der Waals surface area contributed by atoms with Crippen LogP contribution in [0.25, 0.3) is 0 Å². The third-order valence-corrected chi connectivity index (χ3v) is 4.02. The number of piperazine rings is 1. The fraction of sp³-hybridized carbons (Fsp3) is 0.400. The van der Waals surface area contributed by atoms with Gasteiger partial charge in [0, 0.05) is 37.7 Å². The second-order valence-electron chi connectivity index (χ2n) is 5.22. The number of carbonyl (C=O) groups is 2. The Bertz CT molecular complexity index is 605. The molecule has 2 aliphatic heterocycles. The van der Waals surface area contributed by atoms with Crippen LogP contribution >= 0.6 is 0 Å². The summed E-state index contributed by atoms with van der Waals surface area (Å²) in [6.45, 7) is 1.78. The molecule has 5 heteroatoms. The summed E-state index contributed by atoms with van der Waals surface area (Å²) in [5.41, 5.74) is 1.03. The Morgan fingerprint density at radius 3 is 3.00 bits per heavy atom. The van der Waals surface area contributed by atoms with Crippen molar-refractivity contribution in [2.45, 2.75) is 18.9 Å². The largest absolute Gasteiger partial charge is 0.336 e. The molecule has 1 unspecified atom stereocenters. The van der Waals surface area contributed by atoms with Gasteiger partial charge in [0.1, 0.15) is 0 Å². The number of nitriles is 1. The molecule has 2 aliphatic rings. The molecule has 3 rings (SSSR count). The first-order valence-corrected chi connectivity index (χ1v) is 6.78. The summed E-state index contributed by atoms with van der Waals surface area (Å²) in [6, 6.07) is 8.97. The van der Waals surface area contributed by atoms with Gasteiger partial charge >= 0.3 is 0 Å². The molecule has 2 saturated heterocycles. The van der Waals surface area contributed by atoms with Gasteiger partial charge in [-0.05, 0) is 24.6 Å². The monoisotopic (exact) mass is 269 g/mol. The Labute approximate surface area is 117 Å². The van der Waals surface area contributed by atoms with Crippen LogP contribution in [-0.4, -0.2) is 47.3 Å². The Hall–Kier alpha value is -2.35. The Morgan fingerprint density at radius 1 is 1.35 bits per heavy atom. The molecule has 0 spiro atoms. The molecule has 0 saturated carbocycles. The number of carbonyl (C=O) groups excluding carboxylic acids is 2. The molecule has 1 atom stereocenters. The van der Waals surface area contributed by atoms with Gasteiger partial charge in [-0.3, -0.25) is 9.59 Å². The van der Waals surface area contributed by atoms with E-state index in [-0.39, 0.29) is 17.9 Å². The minimum atomic E-state index is -0.0545. The van der Waals surface area contributed by atoms with E-state index in [0.29, 0.717) is 37.2 Å². The fourth-order valence-corrected chi connectivity index (χ4v) is 2.95. The maximum absolute atomic E-state index is 12.5. The lowest BCUT2D eigenvalue weighted by Crippen LogP contribution is -2.53. The summed E-state index contributed by atoms with van der Waals surface area (Å²) in [5.74, 6) is 0.148. The highest BCUT2D eigenvalue weighted by atomic mass is 16.2. The molecule has 0 radical (unpaired) electrons. The van der Waals surface area contributed by atoms with E-state index in [4.69, 9.17) is 5.26 Å². The van der Waals surface area contributed by atoms with Gasteiger partial charge in [0.25, 0.3) is 5.91 Å². The van der Waals surface area contributed by atoms with Crippen molar-refractivity contribution in [2.75, 3.05) is 19.6 Å². The minimum absolute atomic E-state index is 0.0545. The van der Waals surface area contributed by atoms with Crippen LogP contribution < -0.4 is 0 Å². The van der Waals surface area contributed by atoms with Gasteiger partial charge in [-0.15, -0.1) is 0 Å². The predicted octanol–water partition coefficient (Wildman–Crippen LogP) is 1.01. The quantitative estimate of drug-likeness (QED) is 0.764. The number of fused-ring (bicyclic) bond motifs is 1. The van der Waals surface area contributed by atoms with E-state index < -0.39 is 0 Å². The molecular formula is C15H15N3O2. The first-order valence-electron chi connectivity index (χ1n) is 6.78. The van der Waals surface area contributed by atoms with Gasteiger partial charge in [-0.1, -0.05) is 6.07 Å². The van der Waals surface area contributed by atoms with E-state index in [1.54, 1.807) is 29.2 Å². The van der Waals surface area contributed by atoms with Crippen molar-refractivity contribution in [3.63, 3.8) is 0 Å². The lowest BCUT2D eigenvalue weighted by molar-refractivity contribution is -0.130. The third-order valence-electron chi connectivity index (χ3n) is 4.02. The predicted molar refractivity (Wildman–Crippen MR) is 71.8 cm³/mol. The standard InChI is InChI=1S/C15H15N3O2/c16-9-11-2-1-3-12(8-11)15(20)17-6-7-18-13(10-17)4-5-14(18)19/h1-3,8,13H,4-7,10H2. The van der Waals surface area contributed by atoms with Crippen molar-refractivity contribution in [3.8, 4) is 6.07 Å². The van der Waals surface area contributed by atoms with Crippen LogP contribution in [0, 0.1) is 11.3 Å². The number of hydrogen-bond donors (Lipinski definition) is 0. The summed E-state index contributed by atoms with van der Waals surface area (Å²) in [5, 5.41) is 8.89. The molecule has 0 N–H and O–H groups in total. The van der Waals surface area contributed by atoms with Crippen molar-refractivity contribution < 1.29 is 9.59 Å². The van der Waals surface area contributed by atoms with E-state index in [1.165, 1.54) is 0 Å². The zero-order valence-electron chi connectivity index (χ0n) is 11.1. The smallest absolute Gasteiger partial charge is 0.254 e. The van der Waals surface area contributed by atoms with E-state index in [2.05, 4.69) is 0 Å². The highest BCUT2D eigenvalue weighted by molar-refractivity contribution is 5.95. The van der Waals surface area contributed by atoms with E-state index in [0.717, 1.165) is 6.42 Å². The molecule has 102 valence electrons. The normalized spacial score (nSPS) is 21.6. The second kappa shape index (κ2) is 4.97. The minimum Gasteiger partial charge on any atom is -0.336 e. The Kier molecular flexibility index (Phi) is 3.15. The van der Waals surface area contributed by atoms with Gasteiger partial charge in [-0.25, -0.2) is 0 Å². The van der Waals surface area contributed by atoms with Gasteiger partial charge in [0.05, 0.1) is 11.6 Å². The number of benzene rings is 1. The topological polar surface area (TPSA) is 64.4 Å². The van der Waals surface area contributed by atoms with Crippen LogP contribution in [0.15, 0.2) is 24.3 Å². The van der Waals surface area contributed by atoms with Gasteiger partial charge in [-0.2, -0.15) is 5.26 Å². The lowest BCUT2D eigenvalue weighted by atomic mass is 10.1. The lowest BCUT2D eigenvalue weighted by Gasteiger charge is -2.37. The fourth-order valence-electron chi connectivity index (χ4n) is 2.95. The zero-order chi connectivity index (χ0) is 14.1. The summed E-state index contributed by atoms with van der Waals surface area (Å²) in [6.07, 6.45) is 1.43. The molecule has 0 aromatic heterocycles. The highest BCUT2D eigenvalue weighted by Crippen LogP contribution is 2.23. The van der Waals surface area contributed by atoms with Gasteiger partial charge in [0.15, 0.2) is 0 Å². The molecule has 2 amide bonds. The number of amides is 2. The zero-order valence-corrected chi connectivity index (χ0v) is 11.1. The molecule has 2 fully saturated rings. The van der Waals surface area contributed by atoms with Crippen molar-refractivity contribution in [2.24, 2.45) is 0 Å². The number of hydrogen-bond acceptors (Lipinski definition) is 3. The summed E-state index contributed by atoms with van der Waals surface area (Å²) in [4.78, 5) is 27.7. The molecule has 0 bridgehead atoms. The molecule has 0 aliphatic carbocycles. The summed E-state index contributed by atoms with van der Waals surface area (Å²) >= 11 is 0. The molecule has 1 aromatic rings. The Morgan fingerprint density at radius 2 is 2.20 bits per heavy atom. The maximum Gasteiger partial charge on any atom is 0.254 e. The molecule has 2 heterocycles. The van der Waals surface area contributed by atoms with Crippen LogP contribution in [0.3, 0.4) is 0 Å². The number of nitrogens with zero attached hydrogens (tertiary/aromatic N) is 3. The average molecular weight is 269 g/mol. The molecule has 5 nitrogen and oxygen atoms in total. The van der Waals surface area contributed by atoms with Crippen LogP contribution in [0.4, 0.5) is 0 Å². The first kappa shape index (κ1) is 12.7. The van der Waals surface area contributed by atoms with E-state index in [9.17, 15) is 9.59 Å². The van der Waals surface area contributed by atoms with Crippen LogP contribution in [-0.2, 0) is 4.79 Å². The SMILES string of the molecule is N#Cc1cccc(C(=O)N2CCN3C(=O)CCC3C2)c1. The molecule has 1 aromatic carbocycles. The van der Waals surface area contributed by atoms with Crippen LogP contribution in [0.2, 0.25) is 0 Å². The van der Waals surface area contributed by atoms with Crippen molar-refractivity contribution in [3.05, 3.63) is 35.4 Å². The summed E-state index contributed by atoms with van der Waals surface area (Å²) < 4.78 is 0. The average Bonchev–Trinajstić information content (AvgIpc) is 2.87. The third kappa shape index (κ3) is 2.14. The van der Waals surface area contributed by atoms with Crippen molar-refractivity contribution in [1.29, 1.82) is 5.26 Å². The van der Waals surface area contributed by atoms with Crippen molar-refractivity contribution in [1.82, 2.24) is 9.80 Å². The first-order chi connectivity index (χ1) is 9.69. The van der Waals surface area contributed by atoms with Gasteiger partial charge < -0.3 is 9.80 Å². The van der Waals surface area contributed by atoms with Crippen molar-refractivity contribution >= 4 is 11.8 Å². The second-order valence-corrected chi connectivity index (χ2v) is 5.22. The van der Waals surface area contributed by atoms with Crippen LogP contribution in [0.5, 0.6) is 0 Å². The summed E-state index contributed by atoms with van der Waals surface area (Å²) in [7, 11) is 0. The molecule has 20 heavy (non-hydrogen) atoms. The van der Waals surface area contributed by atoms with Crippen LogP contribution in [0.1, 0.15) is 28.8 Å². The van der Waals surface area contributed by atoms with E-state index >= 15 is 0 Å². The van der Waals surface area contributed by atoms with Gasteiger partial charge in [0.2, 0.25) is 5.91 Å². The number of rotatable bonds is 1.